The molecule has 2 rings (SSSR count). The summed E-state index contributed by atoms with van der Waals surface area (Å²) < 4.78 is 5.77. The van der Waals surface area contributed by atoms with Gasteiger partial charge in [0.15, 0.2) is 4.34 Å². The molecule has 1 unspecified atom stereocenters. The van der Waals surface area contributed by atoms with E-state index in [0.717, 1.165) is 10.1 Å². The number of carbonyl (C=O) groups is 2. The van der Waals surface area contributed by atoms with Crippen LogP contribution in [-0.2, 0) is 14.3 Å². The van der Waals surface area contributed by atoms with Gasteiger partial charge in [-0.1, -0.05) is 23.1 Å². The first-order valence-corrected chi connectivity index (χ1v) is 9.18. The van der Waals surface area contributed by atoms with Crippen LogP contribution in [0.15, 0.2) is 4.34 Å². The summed E-state index contributed by atoms with van der Waals surface area (Å²) in [5, 5.41) is 11.2. The van der Waals surface area contributed by atoms with Crippen molar-refractivity contribution in [3.63, 3.8) is 0 Å². The lowest BCUT2D eigenvalue weighted by molar-refractivity contribution is -0.131. The van der Waals surface area contributed by atoms with E-state index in [-0.39, 0.29) is 29.7 Å². The molecule has 1 atom stereocenters. The lowest BCUT2D eigenvalue weighted by atomic mass is 10.1. The van der Waals surface area contributed by atoms with E-state index in [1.54, 1.807) is 12.0 Å². The van der Waals surface area contributed by atoms with Gasteiger partial charge in [0.2, 0.25) is 16.9 Å². The van der Waals surface area contributed by atoms with E-state index in [2.05, 4.69) is 15.5 Å². The highest BCUT2D eigenvalue weighted by molar-refractivity contribution is 8.01. The first-order chi connectivity index (χ1) is 10.8. The molecule has 0 aliphatic carbocycles. The van der Waals surface area contributed by atoms with Crippen molar-refractivity contribution in [2.24, 2.45) is 5.92 Å². The average molecular weight is 358 g/mol. The minimum Gasteiger partial charge on any atom is -0.384 e. The molecule has 23 heavy (non-hydrogen) atoms. The first-order valence-electron chi connectivity index (χ1n) is 7.38. The molecule has 0 aromatic carbocycles. The van der Waals surface area contributed by atoms with Crippen LogP contribution >= 0.6 is 23.1 Å². The molecule has 1 N–H and O–H groups in total. The highest BCUT2D eigenvalue weighted by Crippen LogP contribution is 2.28. The van der Waals surface area contributed by atoms with Crippen molar-refractivity contribution in [3.05, 3.63) is 0 Å². The summed E-state index contributed by atoms with van der Waals surface area (Å²) in [4.78, 5) is 26.1. The molecule has 1 fully saturated rings. The normalized spacial score (nSPS) is 18.5. The molecule has 1 aliphatic heterocycles. The summed E-state index contributed by atoms with van der Waals surface area (Å²) in [5.74, 6) is 0.298. The maximum absolute atomic E-state index is 12.3. The monoisotopic (exact) mass is 358 g/mol. The van der Waals surface area contributed by atoms with Crippen LogP contribution in [0, 0.1) is 5.92 Å². The average Bonchev–Trinajstić information content (AvgIpc) is 3.05. The van der Waals surface area contributed by atoms with E-state index in [0.29, 0.717) is 18.3 Å². The number of ether oxygens (including phenoxy) is 1. The van der Waals surface area contributed by atoms with Gasteiger partial charge < -0.3 is 15.0 Å². The molecule has 1 aliphatic rings. The van der Waals surface area contributed by atoms with Gasteiger partial charge in [-0.25, -0.2) is 0 Å². The number of amides is 2. The van der Waals surface area contributed by atoms with Crippen LogP contribution in [-0.4, -0.2) is 58.5 Å². The van der Waals surface area contributed by atoms with Crippen LogP contribution in [0.1, 0.15) is 27.2 Å². The molecule has 0 saturated carbocycles. The fourth-order valence-electron chi connectivity index (χ4n) is 2.27. The predicted molar refractivity (Wildman–Crippen MR) is 90.7 cm³/mol. The zero-order valence-electron chi connectivity index (χ0n) is 13.8. The van der Waals surface area contributed by atoms with Crippen molar-refractivity contribution in [1.29, 1.82) is 0 Å². The van der Waals surface area contributed by atoms with Gasteiger partial charge >= 0.3 is 0 Å². The molecule has 2 heterocycles. The minimum atomic E-state index is -0.338. The number of nitrogens with one attached hydrogen (secondary N) is 1. The van der Waals surface area contributed by atoms with Gasteiger partial charge in [-0.3, -0.25) is 9.59 Å². The number of likely N-dealkylation sites (tertiary alicyclic amines) is 1. The standard InChI is InChI=1S/C14H22N4O3S2/c1-14(2,3)18-8-9(7-10(18)19)11(20)15-12-16-17-13(23-12)22-6-5-21-4/h9H,5-8H2,1-4H3,(H,15,16,20). The van der Waals surface area contributed by atoms with Crippen molar-refractivity contribution in [3.8, 4) is 0 Å². The molecule has 128 valence electrons. The Bertz CT molecular complexity index is 571. The molecule has 7 nitrogen and oxygen atoms in total. The Hall–Kier alpha value is -1.19. The van der Waals surface area contributed by atoms with E-state index in [4.69, 9.17) is 4.74 Å². The molecule has 1 aromatic heterocycles. The number of rotatable bonds is 6. The van der Waals surface area contributed by atoms with Crippen LogP contribution in [0.2, 0.25) is 0 Å². The number of hydrogen-bond acceptors (Lipinski definition) is 7. The zero-order chi connectivity index (χ0) is 17.0. The Morgan fingerprint density at radius 2 is 2.22 bits per heavy atom. The summed E-state index contributed by atoms with van der Waals surface area (Å²) >= 11 is 2.87. The van der Waals surface area contributed by atoms with Gasteiger partial charge in [-0.15, -0.1) is 10.2 Å². The second-order valence-electron chi connectivity index (χ2n) is 6.28. The fourth-order valence-corrected chi connectivity index (χ4v) is 4.00. The largest absolute Gasteiger partial charge is 0.384 e. The number of methoxy groups -OCH3 is 1. The maximum Gasteiger partial charge on any atom is 0.231 e. The zero-order valence-corrected chi connectivity index (χ0v) is 15.4. The van der Waals surface area contributed by atoms with Crippen LogP contribution in [0.25, 0.3) is 0 Å². The molecule has 0 spiro atoms. The lowest BCUT2D eigenvalue weighted by Gasteiger charge is -2.31. The summed E-state index contributed by atoms with van der Waals surface area (Å²) in [7, 11) is 1.65. The second kappa shape index (κ2) is 7.59. The van der Waals surface area contributed by atoms with Crippen molar-refractivity contribution in [2.75, 3.05) is 31.3 Å². The SMILES string of the molecule is COCCSc1nnc(NC(=O)C2CC(=O)N(C(C)(C)C)C2)s1. The predicted octanol–water partition coefficient (Wildman–Crippen LogP) is 1.86. The summed E-state index contributed by atoms with van der Waals surface area (Å²) in [6.45, 7) is 7.00. The second-order valence-corrected chi connectivity index (χ2v) is 8.60. The smallest absolute Gasteiger partial charge is 0.231 e. The van der Waals surface area contributed by atoms with Crippen LogP contribution < -0.4 is 5.32 Å². The minimum absolute atomic E-state index is 0.0192. The van der Waals surface area contributed by atoms with Gasteiger partial charge in [0, 0.05) is 31.4 Å². The number of aromatic nitrogens is 2. The van der Waals surface area contributed by atoms with Gasteiger partial charge in [-0.05, 0) is 20.8 Å². The quantitative estimate of drug-likeness (QED) is 0.475. The first kappa shape index (κ1) is 18.2. The van der Waals surface area contributed by atoms with Crippen molar-refractivity contribution in [1.82, 2.24) is 15.1 Å². The summed E-state index contributed by atoms with van der Waals surface area (Å²) in [6, 6.07) is 0. The van der Waals surface area contributed by atoms with Crippen LogP contribution in [0.3, 0.4) is 0 Å². The van der Waals surface area contributed by atoms with Crippen LogP contribution in [0.5, 0.6) is 0 Å². The molecule has 0 bridgehead atoms. The fraction of sp³-hybridized carbons (Fsp3) is 0.714. The summed E-state index contributed by atoms with van der Waals surface area (Å²) in [6.07, 6.45) is 0.247. The van der Waals surface area contributed by atoms with E-state index in [9.17, 15) is 9.59 Å². The van der Waals surface area contributed by atoms with E-state index in [1.807, 2.05) is 20.8 Å². The maximum atomic E-state index is 12.3. The highest BCUT2D eigenvalue weighted by Gasteiger charge is 2.39. The Morgan fingerprint density at radius 1 is 1.48 bits per heavy atom. The number of anilines is 1. The Kier molecular flexibility index (Phi) is 5.99. The van der Waals surface area contributed by atoms with E-state index < -0.39 is 0 Å². The number of carbonyl (C=O) groups excluding carboxylic acids is 2. The Morgan fingerprint density at radius 3 is 2.83 bits per heavy atom. The van der Waals surface area contributed by atoms with Crippen LogP contribution in [0.4, 0.5) is 5.13 Å². The molecular formula is C14H22N4O3S2. The van der Waals surface area contributed by atoms with E-state index >= 15 is 0 Å². The third-order valence-electron chi connectivity index (χ3n) is 3.46. The molecule has 0 radical (unpaired) electrons. The van der Waals surface area contributed by atoms with Crippen molar-refractivity contribution < 1.29 is 14.3 Å². The topological polar surface area (TPSA) is 84.4 Å². The van der Waals surface area contributed by atoms with Gasteiger partial charge in [0.25, 0.3) is 0 Å². The number of thioether (sulfide) groups is 1. The highest BCUT2D eigenvalue weighted by atomic mass is 32.2. The summed E-state index contributed by atoms with van der Waals surface area (Å²) in [5.41, 5.74) is -0.264. The molecule has 1 saturated heterocycles. The third kappa shape index (κ3) is 4.89. The third-order valence-corrected chi connectivity index (χ3v) is 5.39. The van der Waals surface area contributed by atoms with Crippen molar-refractivity contribution >= 4 is 40.0 Å². The number of nitrogens with zero attached hydrogens (tertiary/aromatic N) is 3. The van der Waals surface area contributed by atoms with E-state index in [1.165, 1.54) is 23.1 Å². The number of hydrogen-bond donors (Lipinski definition) is 1. The molecule has 1 aromatic rings. The molecule has 9 heteroatoms. The van der Waals surface area contributed by atoms with Gasteiger partial charge in [0.05, 0.1) is 12.5 Å². The van der Waals surface area contributed by atoms with Crippen molar-refractivity contribution in [2.45, 2.75) is 37.1 Å². The Labute approximate surface area is 144 Å². The van der Waals surface area contributed by atoms with Gasteiger partial charge in [-0.2, -0.15) is 0 Å². The molecule has 2 amide bonds. The Balaban J connectivity index is 1.89. The lowest BCUT2D eigenvalue weighted by Crippen LogP contribution is -2.42. The molecular weight excluding hydrogens is 336 g/mol. The van der Waals surface area contributed by atoms with Gasteiger partial charge in [0.1, 0.15) is 0 Å².